The van der Waals surface area contributed by atoms with Gasteiger partial charge in [-0.2, -0.15) is 0 Å². The molecule has 0 saturated heterocycles. The van der Waals surface area contributed by atoms with E-state index >= 15 is 0 Å². The van der Waals surface area contributed by atoms with Crippen molar-refractivity contribution < 1.29 is 14.6 Å². The van der Waals surface area contributed by atoms with Gasteiger partial charge in [0.25, 0.3) is 0 Å². The van der Waals surface area contributed by atoms with Crippen LogP contribution in [0.25, 0.3) is 0 Å². The third-order valence-electron chi connectivity index (χ3n) is 1.89. The zero-order valence-corrected chi connectivity index (χ0v) is 11.4. The maximum Gasteiger partial charge on any atom is 0.327 e. The Hall–Kier alpha value is -0.490. The second-order valence-corrected chi connectivity index (χ2v) is 4.00. The first-order valence-electron chi connectivity index (χ1n) is 3.99. The van der Waals surface area contributed by atoms with Gasteiger partial charge in [0.1, 0.15) is 11.8 Å². The summed E-state index contributed by atoms with van der Waals surface area (Å²) in [6.45, 7) is 0. The van der Waals surface area contributed by atoms with Gasteiger partial charge in [-0.15, -0.1) is 12.4 Å². The Morgan fingerprint density at radius 1 is 1.62 bits per heavy atom. The molecule has 1 rings (SSSR count). The maximum absolute atomic E-state index is 11.2. The normalized spacial score (nSPS) is 11.5. The standard InChI is InChI=1S/C9H9BrClNO3.ClH/c1-15-9(14)7(12)4-2-3-5(11)6(10)8(4)13;/h2-3,7,13H,12H2,1H3;1H/t7-;/m0./s1. The van der Waals surface area contributed by atoms with E-state index in [4.69, 9.17) is 17.3 Å². The number of phenols is 1. The molecule has 1 aromatic carbocycles. The Kier molecular flexibility index (Phi) is 6.10. The van der Waals surface area contributed by atoms with E-state index in [-0.39, 0.29) is 23.7 Å². The summed E-state index contributed by atoms with van der Waals surface area (Å²) in [5, 5.41) is 10.0. The minimum absolute atomic E-state index is 0. The zero-order chi connectivity index (χ0) is 11.6. The first-order valence-corrected chi connectivity index (χ1v) is 5.16. The number of phenolic OH excluding ortho intramolecular Hbond substituents is 1. The molecule has 0 fully saturated rings. The molecule has 7 heteroatoms. The van der Waals surface area contributed by atoms with Crippen LogP contribution in [-0.2, 0) is 9.53 Å². The molecular weight excluding hydrogens is 321 g/mol. The number of rotatable bonds is 2. The highest BCUT2D eigenvalue weighted by Crippen LogP contribution is 2.36. The molecule has 3 N–H and O–H groups in total. The van der Waals surface area contributed by atoms with Gasteiger partial charge in [0.15, 0.2) is 0 Å². The molecule has 0 aromatic heterocycles. The molecule has 90 valence electrons. The highest BCUT2D eigenvalue weighted by Gasteiger charge is 2.21. The van der Waals surface area contributed by atoms with Crippen LogP contribution in [0.4, 0.5) is 0 Å². The van der Waals surface area contributed by atoms with E-state index < -0.39 is 12.0 Å². The molecule has 1 atom stereocenters. The van der Waals surface area contributed by atoms with Gasteiger partial charge in [0.05, 0.1) is 16.6 Å². The lowest BCUT2D eigenvalue weighted by Crippen LogP contribution is -2.22. The van der Waals surface area contributed by atoms with E-state index in [0.29, 0.717) is 9.50 Å². The van der Waals surface area contributed by atoms with E-state index in [0.717, 1.165) is 0 Å². The summed E-state index contributed by atoms with van der Waals surface area (Å²) in [6.07, 6.45) is 0. The first-order chi connectivity index (χ1) is 6.99. The van der Waals surface area contributed by atoms with Gasteiger partial charge in [0.2, 0.25) is 0 Å². The average molecular weight is 331 g/mol. The second-order valence-electron chi connectivity index (χ2n) is 2.80. The van der Waals surface area contributed by atoms with Crippen LogP contribution in [0, 0.1) is 0 Å². The van der Waals surface area contributed by atoms with Gasteiger partial charge in [-0.3, -0.25) is 4.79 Å². The number of benzene rings is 1. The van der Waals surface area contributed by atoms with Crippen molar-refractivity contribution in [2.24, 2.45) is 5.73 Å². The van der Waals surface area contributed by atoms with E-state index in [2.05, 4.69) is 20.7 Å². The highest BCUT2D eigenvalue weighted by atomic mass is 79.9. The molecule has 1 aromatic rings. The number of nitrogens with two attached hydrogens (primary N) is 1. The van der Waals surface area contributed by atoms with Crippen molar-refractivity contribution in [1.82, 2.24) is 0 Å². The van der Waals surface area contributed by atoms with Gasteiger partial charge in [0, 0.05) is 5.56 Å². The number of aromatic hydroxyl groups is 1. The van der Waals surface area contributed by atoms with Crippen LogP contribution >= 0.6 is 39.9 Å². The van der Waals surface area contributed by atoms with Crippen molar-refractivity contribution in [2.45, 2.75) is 6.04 Å². The highest BCUT2D eigenvalue weighted by molar-refractivity contribution is 9.10. The van der Waals surface area contributed by atoms with Crippen molar-refractivity contribution in [3.63, 3.8) is 0 Å². The zero-order valence-electron chi connectivity index (χ0n) is 8.24. The van der Waals surface area contributed by atoms with Gasteiger partial charge >= 0.3 is 5.97 Å². The summed E-state index contributed by atoms with van der Waals surface area (Å²) >= 11 is 8.82. The predicted octanol–water partition coefficient (Wildman–Crippen LogP) is 2.40. The fraction of sp³-hybridized carbons (Fsp3) is 0.222. The van der Waals surface area contributed by atoms with Crippen molar-refractivity contribution in [3.05, 3.63) is 27.2 Å². The van der Waals surface area contributed by atoms with Crippen LogP contribution in [0.5, 0.6) is 5.75 Å². The number of esters is 1. The molecule has 0 aliphatic rings. The molecule has 0 radical (unpaired) electrons. The summed E-state index contributed by atoms with van der Waals surface area (Å²) in [6, 6.07) is 1.98. The van der Waals surface area contributed by atoms with Gasteiger partial charge in [-0.05, 0) is 22.0 Å². The van der Waals surface area contributed by atoms with Gasteiger partial charge in [-0.25, -0.2) is 0 Å². The Morgan fingerprint density at radius 2 is 2.19 bits per heavy atom. The summed E-state index contributed by atoms with van der Waals surface area (Å²) in [5.41, 5.74) is 5.83. The SMILES string of the molecule is COC(=O)[C@@H](N)c1ccc(Cl)c(Br)c1O.Cl. The summed E-state index contributed by atoms with van der Waals surface area (Å²) in [7, 11) is 1.23. The third kappa shape index (κ3) is 3.01. The smallest absolute Gasteiger partial charge is 0.327 e. The van der Waals surface area contributed by atoms with Crippen LogP contribution in [0.15, 0.2) is 16.6 Å². The Bertz CT molecular complexity index is 401. The molecule has 0 unspecified atom stereocenters. The molecule has 0 spiro atoms. The summed E-state index contributed by atoms with van der Waals surface area (Å²) in [4.78, 5) is 11.2. The fourth-order valence-corrected chi connectivity index (χ4v) is 1.57. The first kappa shape index (κ1) is 15.5. The Morgan fingerprint density at radius 3 is 2.69 bits per heavy atom. The van der Waals surface area contributed by atoms with Crippen LogP contribution in [0.1, 0.15) is 11.6 Å². The molecule has 4 nitrogen and oxygen atoms in total. The molecule has 16 heavy (non-hydrogen) atoms. The number of hydrogen-bond acceptors (Lipinski definition) is 4. The number of carbonyl (C=O) groups is 1. The Balaban J connectivity index is 0.00000225. The van der Waals surface area contributed by atoms with Crippen molar-refractivity contribution in [3.8, 4) is 5.75 Å². The summed E-state index contributed by atoms with van der Waals surface area (Å²) in [5.74, 6) is -0.778. The lowest BCUT2D eigenvalue weighted by molar-refractivity contribution is -0.142. The van der Waals surface area contributed by atoms with Crippen molar-refractivity contribution in [2.75, 3.05) is 7.11 Å². The molecule has 0 bridgehead atoms. The second kappa shape index (κ2) is 6.30. The van der Waals surface area contributed by atoms with E-state index in [1.807, 2.05) is 0 Å². The maximum atomic E-state index is 11.2. The topological polar surface area (TPSA) is 72.5 Å². The Labute approximate surface area is 112 Å². The van der Waals surface area contributed by atoms with Crippen LogP contribution in [0.2, 0.25) is 5.02 Å². The number of carbonyl (C=O) groups excluding carboxylic acids is 1. The average Bonchev–Trinajstić information content (AvgIpc) is 2.24. The van der Waals surface area contributed by atoms with E-state index in [1.54, 1.807) is 0 Å². The molecule has 0 saturated carbocycles. The fourth-order valence-electron chi connectivity index (χ4n) is 1.06. The quantitative estimate of drug-likeness (QED) is 0.817. The van der Waals surface area contributed by atoms with Crippen LogP contribution < -0.4 is 5.73 Å². The minimum atomic E-state index is -1.02. The minimum Gasteiger partial charge on any atom is -0.506 e. The van der Waals surface area contributed by atoms with Gasteiger partial charge < -0.3 is 15.6 Å². The van der Waals surface area contributed by atoms with Crippen LogP contribution in [0.3, 0.4) is 0 Å². The number of ether oxygens (including phenoxy) is 1. The number of hydrogen-bond donors (Lipinski definition) is 2. The van der Waals surface area contributed by atoms with Crippen molar-refractivity contribution >= 4 is 45.9 Å². The lowest BCUT2D eigenvalue weighted by Gasteiger charge is -2.12. The molecule has 0 aliphatic heterocycles. The number of halogens is 3. The molecule has 0 aliphatic carbocycles. The largest absolute Gasteiger partial charge is 0.506 e. The number of methoxy groups -OCH3 is 1. The van der Waals surface area contributed by atoms with Crippen LogP contribution in [-0.4, -0.2) is 18.2 Å². The lowest BCUT2D eigenvalue weighted by atomic mass is 10.1. The van der Waals surface area contributed by atoms with Crippen molar-refractivity contribution in [1.29, 1.82) is 0 Å². The summed E-state index contributed by atoms with van der Waals surface area (Å²) < 4.78 is 4.77. The molecule has 0 heterocycles. The molecule has 0 amide bonds. The van der Waals surface area contributed by atoms with E-state index in [9.17, 15) is 9.90 Å². The monoisotopic (exact) mass is 329 g/mol. The predicted molar refractivity (Wildman–Crippen MR) is 67.0 cm³/mol. The molecular formula is C9H10BrCl2NO3. The van der Waals surface area contributed by atoms with E-state index in [1.165, 1.54) is 19.2 Å². The van der Waals surface area contributed by atoms with Gasteiger partial charge in [-0.1, -0.05) is 17.7 Å². The third-order valence-corrected chi connectivity index (χ3v) is 3.24.